The minimum atomic E-state index is 0.300. The molecular formula is C19H21NO. The average molecular weight is 279 g/mol. The highest BCUT2D eigenvalue weighted by Gasteiger charge is 2.35. The Hall–Kier alpha value is -1.64. The Morgan fingerprint density at radius 1 is 0.810 bits per heavy atom. The lowest BCUT2D eigenvalue weighted by atomic mass is 10.0. The molecule has 2 aromatic rings. The van der Waals surface area contributed by atoms with Crippen LogP contribution < -0.4 is 0 Å². The molecule has 0 radical (unpaired) electrons. The molecular weight excluding hydrogens is 258 g/mol. The van der Waals surface area contributed by atoms with Gasteiger partial charge in [0.25, 0.3) is 0 Å². The van der Waals surface area contributed by atoms with Crippen molar-refractivity contribution in [3.8, 4) is 11.1 Å². The highest BCUT2D eigenvalue weighted by atomic mass is 16.5. The molecule has 0 amide bonds. The number of morpholine rings is 1. The predicted octanol–water partition coefficient (Wildman–Crippen LogP) is 3.87. The van der Waals surface area contributed by atoms with Gasteiger partial charge in [-0.3, -0.25) is 4.90 Å². The van der Waals surface area contributed by atoms with Crippen molar-refractivity contribution in [1.82, 2.24) is 4.90 Å². The summed E-state index contributed by atoms with van der Waals surface area (Å²) < 4.78 is 5.91. The second kappa shape index (κ2) is 4.97. The van der Waals surface area contributed by atoms with Gasteiger partial charge in [0.2, 0.25) is 0 Å². The first-order chi connectivity index (χ1) is 10.2. The van der Waals surface area contributed by atoms with E-state index in [1.807, 2.05) is 0 Å². The Balaban J connectivity index is 1.81. The number of benzene rings is 2. The topological polar surface area (TPSA) is 12.5 Å². The van der Waals surface area contributed by atoms with Crippen molar-refractivity contribution in [2.24, 2.45) is 0 Å². The summed E-state index contributed by atoms with van der Waals surface area (Å²) in [5, 5.41) is 0. The van der Waals surface area contributed by atoms with Gasteiger partial charge >= 0.3 is 0 Å². The van der Waals surface area contributed by atoms with Crippen molar-refractivity contribution in [2.75, 3.05) is 13.1 Å². The summed E-state index contributed by atoms with van der Waals surface area (Å²) in [7, 11) is 0. The van der Waals surface area contributed by atoms with Crippen LogP contribution in [0.25, 0.3) is 11.1 Å². The maximum absolute atomic E-state index is 5.91. The number of fused-ring (bicyclic) bond motifs is 3. The molecule has 0 bridgehead atoms. The summed E-state index contributed by atoms with van der Waals surface area (Å²) in [6.07, 6.45) is 0.599. The minimum Gasteiger partial charge on any atom is -0.373 e. The lowest BCUT2D eigenvalue weighted by Gasteiger charge is -2.39. The largest absolute Gasteiger partial charge is 0.373 e. The van der Waals surface area contributed by atoms with Crippen LogP contribution in [-0.4, -0.2) is 30.2 Å². The number of nitrogens with zero attached hydrogens (tertiary/aromatic N) is 1. The van der Waals surface area contributed by atoms with Gasteiger partial charge in [-0.15, -0.1) is 0 Å². The van der Waals surface area contributed by atoms with Gasteiger partial charge in [0.1, 0.15) is 0 Å². The number of hydrogen-bond acceptors (Lipinski definition) is 2. The van der Waals surface area contributed by atoms with Crippen molar-refractivity contribution < 1.29 is 4.74 Å². The highest BCUT2D eigenvalue weighted by Crippen LogP contribution is 2.46. The molecule has 0 spiro atoms. The molecule has 0 N–H and O–H groups in total. The van der Waals surface area contributed by atoms with Gasteiger partial charge in [-0.05, 0) is 36.1 Å². The third-order valence-electron chi connectivity index (χ3n) is 4.61. The van der Waals surface area contributed by atoms with Crippen molar-refractivity contribution in [3.63, 3.8) is 0 Å². The predicted molar refractivity (Wildman–Crippen MR) is 85.3 cm³/mol. The maximum Gasteiger partial charge on any atom is 0.0678 e. The van der Waals surface area contributed by atoms with E-state index in [0.29, 0.717) is 18.2 Å². The van der Waals surface area contributed by atoms with E-state index in [1.54, 1.807) is 0 Å². The summed E-state index contributed by atoms with van der Waals surface area (Å²) >= 11 is 0. The molecule has 0 saturated carbocycles. The van der Waals surface area contributed by atoms with Gasteiger partial charge in [0.05, 0.1) is 18.2 Å². The van der Waals surface area contributed by atoms with Gasteiger partial charge in [-0.25, -0.2) is 0 Å². The van der Waals surface area contributed by atoms with Crippen molar-refractivity contribution in [3.05, 3.63) is 59.7 Å². The van der Waals surface area contributed by atoms with Crippen LogP contribution in [0.4, 0.5) is 0 Å². The van der Waals surface area contributed by atoms with E-state index < -0.39 is 0 Å². The summed E-state index contributed by atoms with van der Waals surface area (Å²) in [5.41, 5.74) is 5.68. The second-order valence-electron chi connectivity index (χ2n) is 6.29. The molecule has 2 atom stereocenters. The van der Waals surface area contributed by atoms with Crippen LogP contribution in [0.5, 0.6) is 0 Å². The third kappa shape index (κ3) is 2.10. The highest BCUT2D eigenvalue weighted by molar-refractivity contribution is 5.78. The monoisotopic (exact) mass is 279 g/mol. The van der Waals surface area contributed by atoms with E-state index in [2.05, 4.69) is 67.3 Å². The van der Waals surface area contributed by atoms with Gasteiger partial charge in [0, 0.05) is 13.1 Å². The lowest BCUT2D eigenvalue weighted by molar-refractivity contribution is -0.0761. The van der Waals surface area contributed by atoms with Crippen molar-refractivity contribution >= 4 is 0 Å². The second-order valence-corrected chi connectivity index (χ2v) is 6.29. The maximum atomic E-state index is 5.91. The number of rotatable bonds is 1. The van der Waals surface area contributed by atoms with E-state index in [0.717, 1.165) is 13.1 Å². The van der Waals surface area contributed by atoms with Crippen LogP contribution in [0, 0.1) is 0 Å². The molecule has 4 rings (SSSR count). The van der Waals surface area contributed by atoms with Gasteiger partial charge in [-0.1, -0.05) is 48.5 Å². The number of ether oxygens (including phenoxy) is 1. The van der Waals surface area contributed by atoms with E-state index in [4.69, 9.17) is 4.74 Å². The van der Waals surface area contributed by atoms with E-state index in [9.17, 15) is 0 Å². The Morgan fingerprint density at radius 3 is 1.81 bits per heavy atom. The molecule has 1 aliphatic carbocycles. The molecule has 21 heavy (non-hydrogen) atoms. The van der Waals surface area contributed by atoms with Gasteiger partial charge < -0.3 is 4.74 Å². The number of hydrogen-bond donors (Lipinski definition) is 0. The minimum absolute atomic E-state index is 0.300. The van der Waals surface area contributed by atoms with Gasteiger partial charge in [0.15, 0.2) is 0 Å². The summed E-state index contributed by atoms with van der Waals surface area (Å²) in [5.74, 6) is 0. The van der Waals surface area contributed by atoms with Gasteiger partial charge in [-0.2, -0.15) is 0 Å². The summed E-state index contributed by atoms with van der Waals surface area (Å²) in [6.45, 7) is 6.35. The SMILES string of the molecule is CC1CN(C2c3ccccc3-c3ccccc32)CC(C)O1. The molecule has 1 saturated heterocycles. The first-order valence-electron chi connectivity index (χ1n) is 7.82. The average Bonchev–Trinajstić information content (AvgIpc) is 2.81. The Morgan fingerprint density at radius 2 is 1.29 bits per heavy atom. The summed E-state index contributed by atoms with van der Waals surface area (Å²) in [6, 6.07) is 18.0. The smallest absolute Gasteiger partial charge is 0.0678 e. The Kier molecular flexibility index (Phi) is 3.09. The third-order valence-corrected chi connectivity index (χ3v) is 4.61. The zero-order chi connectivity index (χ0) is 14.4. The quantitative estimate of drug-likeness (QED) is 0.786. The lowest BCUT2D eigenvalue weighted by Crippen LogP contribution is -2.46. The summed E-state index contributed by atoms with van der Waals surface area (Å²) in [4.78, 5) is 2.59. The first-order valence-corrected chi connectivity index (χ1v) is 7.82. The van der Waals surface area contributed by atoms with Crippen molar-refractivity contribution in [1.29, 1.82) is 0 Å². The van der Waals surface area contributed by atoms with Crippen LogP contribution in [0.2, 0.25) is 0 Å². The van der Waals surface area contributed by atoms with Crippen LogP contribution in [0.3, 0.4) is 0 Å². The standard InChI is InChI=1S/C19H21NO/c1-13-11-20(12-14(2)21-13)19-17-9-5-3-7-15(17)16-8-4-6-10-18(16)19/h3-10,13-14,19H,11-12H2,1-2H3. The fraction of sp³-hybridized carbons (Fsp3) is 0.368. The Bertz CT molecular complexity index is 611. The molecule has 2 heteroatoms. The molecule has 108 valence electrons. The first kappa shape index (κ1) is 13.1. The zero-order valence-corrected chi connectivity index (χ0v) is 12.6. The Labute approximate surface area is 126 Å². The molecule has 1 fully saturated rings. The fourth-order valence-electron chi connectivity index (χ4n) is 3.95. The van der Waals surface area contributed by atoms with Crippen LogP contribution in [0.1, 0.15) is 31.0 Å². The molecule has 2 unspecified atom stereocenters. The van der Waals surface area contributed by atoms with Crippen LogP contribution in [-0.2, 0) is 4.74 Å². The molecule has 2 aliphatic rings. The van der Waals surface area contributed by atoms with E-state index in [-0.39, 0.29) is 0 Å². The van der Waals surface area contributed by atoms with Crippen LogP contribution >= 0.6 is 0 Å². The zero-order valence-electron chi connectivity index (χ0n) is 12.6. The van der Waals surface area contributed by atoms with E-state index in [1.165, 1.54) is 22.3 Å². The molecule has 1 aliphatic heterocycles. The van der Waals surface area contributed by atoms with E-state index >= 15 is 0 Å². The van der Waals surface area contributed by atoms with Crippen LogP contribution in [0.15, 0.2) is 48.5 Å². The molecule has 1 heterocycles. The molecule has 2 aromatic carbocycles. The molecule has 0 aromatic heterocycles. The molecule has 2 nitrogen and oxygen atoms in total. The fourth-order valence-corrected chi connectivity index (χ4v) is 3.95. The van der Waals surface area contributed by atoms with Crippen molar-refractivity contribution in [2.45, 2.75) is 32.1 Å². The normalized spacial score (nSPS) is 25.6.